The largest absolute Gasteiger partial charge is 0.151 e. The Labute approximate surface area is 112 Å². The van der Waals surface area contributed by atoms with Crippen LogP contribution in [-0.4, -0.2) is 11.1 Å². The molecule has 0 bridgehead atoms. The maximum Gasteiger partial charge on any atom is 0.0651 e. The van der Waals surface area contributed by atoms with Crippen molar-refractivity contribution in [3.8, 4) is 0 Å². The quantitative estimate of drug-likeness (QED) is 0.584. The van der Waals surface area contributed by atoms with Crippen LogP contribution in [-0.2, 0) is 0 Å². The van der Waals surface area contributed by atoms with E-state index < -0.39 is 0 Å². The first-order valence-corrected chi connectivity index (χ1v) is 7.19. The van der Waals surface area contributed by atoms with Crippen LogP contribution in [0.15, 0.2) is 60.7 Å². The second kappa shape index (κ2) is 5.99. The van der Waals surface area contributed by atoms with Gasteiger partial charge in [-0.3, -0.25) is 0 Å². The van der Waals surface area contributed by atoms with Gasteiger partial charge < -0.3 is 0 Å². The molecule has 86 valence electrons. The fourth-order valence-electron chi connectivity index (χ4n) is 1.78. The van der Waals surface area contributed by atoms with Gasteiger partial charge in [0.25, 0.3) is 0 Å². The summed E-state index contributed by atoms with van der Waals surface area (Å²) in [4.78, 5) is 1.00. The molecular weight excluding hydrogens is 244 g/mol. The van der Waals surface area contributed by atoms with Crippen molar-refractivity contribution in [1.82, 2.24) is 0 Å². The van der Waals surface area contributed by atoms with Crippen LogP contribution in [0, 0.1) is 0 Å². The van der Waals surface area contributed by atoms with Crippen molar-refractivity contribution in [1.29, 1.82) is 0 Å². The lowest BCUT2D eigenvalue weighted by Gasteiger charge is -2.16. The molecule has 0 fully saturated rings. The molecule has 2 rings (SSSR count). The smallest absolute Gasteiger partial charge is 0.0651 e. The van der Waals surface area contributed by atoms with E-state index in [1.165, 1.54) is 5.56 Å². The Morgan fingerprint density at radius 2 is 1.47 bits per heavy atom. The highest BCUT2D eigenvalue weighted by Crippen LogP contribution is 2.30. The third-order valence-corrected chi connectivity index (χ3v) is 4.23. The van der Waals surface area contributed by atoms with Crippen LogP contribution >= 0.6 is 24.0 Å². The van der Waals surface area contributed by atoms with Crippen molar-refractivity contribution in [3.63, 3.8) is 0 Å². The zero-order chi connectivity index (χ0) is 12.1. The number of benzene rings is 2. The minimum absolute atomic E-state index is 0.258. The van der Waals surface area contributed by atoms with Gasteiger partial charge in [-0.1, -0.05) is 72.9 Å². The second-order valence-corrected chi connectivity index (χ2v) is 5.14. The summed E-state index contributed by atoms with van der Waals surface area (Å²) < 4.78 is 0. The van der Waals surface area contributed by atoms with E-state index >= 15 is 0 Å². The van der Waals surface area contributed by atoms with E-state index in [-0.39, 0.29) is 5.25 Å². The molecule has 2 aromatic rings. The Hall–Kier alpha value is -1.12. The Kier molecular flexibility index (Phi) is 4.35. The number of hydrogen-bond acceptors (Lipinski definition) is 2. The Morgan fingerprint density at radius 3 is 2.00 bits per heavy atom. The number of hydrogen-bond donors (Lipinski definition) is 0. The van der Waals surface area contributed by atoms with Gasteiger partial charge in [0.1, 0.15) is 0 Å². The Balaban J connectivity index is 2.29. The summed E-state index contributed by atoms with van der Waals surface area (Å²) in [6, 6.07) is 20.7. The van der Waals surface area contributed by atoms with Gasteiger partial charge in [-0.25, -0.2) is 0 Å². The van der Waals surface area contributed by atoms with Crippen molar-refractivity contribution < 1.29 is 0 Å². The molecular formula is C15H14S2. The monoisotopic (exact) mass is 258 g/mol. The summed E-state index contributed by atoms with van der Waals surface area (Å²) in [6.07, 6.45) is 2.10. The number of thioether (sulfide) groups is 1. The zero-order valence-corrected chi connectivity index (χ0v) is 11.3. The molecule has 0 aliphatic carbocycles. The van der Waals surface area contributed by atoms with Crippen LogP contribution in [0.4, 0.5) is 0 Å². The Bertz CT molecular complexity index is 477. The molecule has 2 aromatic carbocycles. The van der Waals surface area contributed by atoms with Crippen LogP contribution < -0.4 is 0 Å². The topological polar surface area (TPSA) is 0 Å². The van der Waals surface area contributed by atoms with Crippen molar-refractivity contribution in [2.24, 2.45) is 0 Å². The summed E-state index contributed by atoms with van der Waals surface area (Å²) in [6.45, 7) is 0. The lowest BCUT2D eigenvalue weighted by atomic mass is 10.0. The molecule has 1 atom stereocenters. The lowest BCUT2D eigenvalue weighted by Crippen LogP contribution is -2.07. The summed E-state index contributed by atoms with van der Waals surface area (Å²) in [7, 11) is 0. The molecule has 0 aliphatic rings. The predicted octanol–water partition coefficient (Wildman–Crippen LogP) is 4.51. The van der Waals surface area contributed by atoms with E-state index in [1.54, 1.807) is 11.8 Å². The molecule has 0 radical (unpaired) electrons. The van der Waals surface area contributed by atoms with Gasteiger partial charge in [-0.15, -0.1) is 0 Å². The van der Waals surface area contributed by atoms with E-state index in [1.807, 2.05) is 24.3 Å². The third-order valence-electron chi connectivity index (χ3n) is 2.63. The van der Waals surface area contributed by atoms with Crippen LogP contribution in [0.25, 0.3) is 0 Å². The fraction of sp³-hybridized carbons (Fsp3) is 0.133. The predicted molar refractivity (Wildman–Crippen MR) is 80.8 cm³/mol. The Morgan fingerprint density at radius 1 is 0.941 bits per heavy atom. The summed E-state index contributed by atoms with van der Waals surface area (Å²) in [5.41, 5.74) is 2.42. The van der Waals surface area contributed by atoms with Crippen LogP contribution in [0.1, 0.15) is 16.4 Å². The third kappa shape index (κ3) is 2.96. The van der Waals surface area contributed by atoms with Gasteiger partial charge >= 0.3 is 0 Å². The van der Waals surface area contributed by atoms with Crippen molar-refractivity contribution in [2.75, 3.05) is 6.26 Å². The molecule has 0 aromatic heterocycles. The molecule has 0 heterocycles. The van der Waals surface area contributed by atoms with E-state index in [2.05, 4.69) is 42.7 Å². The molecule has 17 heavy (non-hydrogen) atoms. The SMILES string of the molecule is CSC(C(=S)c1ccccc1)c1ccccc1. The summed E-state index contributed by atoms with van der Waals surface area (Å²) in [5, 5.41) is 0.258. The number of thiocarbonyl (C=S) groups is 1. The molecule has 0 amide bonds. The maximum atomic E-state index is 5.60. The molecule has 0 N–H and O–H groups in total. The van der Waals surface area contributed by atoms with E-state index in [4.69, 9.17) is 12.2 Å². The summed E-state index contributed by atoms with van der Waals surface area (Å²) >= 11 is 7.39. The highest BCUT2D eigenvalue weighted by molar-refractivity contribution is 8.00. The van der Waals surface area contributed by atoms with Crippen molar-refractivity contribution in [2.45, 2.75) is 5.25 Å². The second-order valence-electron chi connectivity index (χ2n) is 3.76. The van der Waals surface area contributed by atoms with Gasteiger partial charge in [0, 0.05) is 4.86 Å². The van der Waals surface area contributed by atoms with Crippen LogP contribution in [0.5, 0.6) is 0 Å². The van der Waals surface area contributed by atoms with Gasteiger partial charge in [0.05, 0.1) is 5.25 Å². The first-order chi connectivity index (χ1) is 8.33. The average molecular weight is 258 g/mol. The van der Waals surface area contributed by atoms with Crippen molar-refractivity contribution in [3.05, 3.63) is 71.8 Å². The fourth-order valence-corrected chi connectivity index (χ4v) is 3.12. The van der Waals surface area contributed by atoms with E-state index in [9.17, 15) is 0 Å². The molecule has 0 aliphatic heterocycles. The average Bonchev–Trinajstić information content (AvgIpc) is 2.42. The van der Waals surface area contributed by atoms with E-state index in [0.29, 0.717) is 0 Å². The van der Waals surface area contributed by atoms with Crippen LogP contribution in [0.3, 0.4) is 0 Å². The van der Waals surface area contributed by atoms with Crippen LogP contribution in [0.2, 0.25) is 0 Å². The first-order valence-electron chi connectivity index (χ1n) is 5.50. The van der Waals surface area contributed by atoms with E-state index in [0.717, 1.165) is 10.4 Å². The minimum Gasteiger partial charge on any atom is -0.151 e. The highest BCUT2D eigenvalue weighted by Gasteiger charge is 2.16. The molecule has 2 heteroatoms. The molecule has 0 spiro atoms. The lowest BCUT2D eigenvalue weighted by molar-refractivity contribution is 1.31. The molecule has 0 saturated carbocycles. The molecule has 0 saturated heterocycles. The standard InChI is InChI=1S/C15H14S2/c1-17-15(13-10-6-3-7-11-13)14(16)12-8-4-2-5-9-12/h2-11,15H,1H3. The molecule has 0 nitrogen and oxygen atoms in total. The first kappa shape index (κ1) is 12.3. The van der Waals surface area contributed by atoms with Gasteiger partial charge in [-0.2, -0.15) is 11.8 Å². The number of rotatable bonds is 4. The minimum atomic E-state index is 0.258. The normalized spacial score (nSPS) is 12.1. The van der Waals surface area contributed by atoms with Gasteiger partial charge in [-0.05, 0) is 17.4 Å². The zero-order valence-electron chi connectivity index (χ0n) is 9.67. The highest BCUT2D eigenvalue weighted by atomic mass is 32.2. The molecule has 1 unspecified atom stereocenters. The van der Waals surface area contributed by atoms with Crippen molar-refractivity contribution >= 4 is 28.8 Å². The maximum absolute atomic E-state index is 5.60. The summed E-state index contributed by atoms with van der Waals surface area (Å²) in [5.74, 6) is 0. The van der Waals surface area contributed by atoms with Gasteiger partial charge in [0.2, 0.25) is 0 Å². The van der Waals surface area contributed by atoms with Gasteiger partial charge in [0.15, 0.2) is 0 Å².